The van der Waals surface area contributed by atoms with Gasteiger partial charge in [-0.05, 0) is 35.9 Å². The number of rotatable bonds is 3. The molecule has 2 aromatic carbocycles. The number of nitro groups is 1. The van der Waals surface area contributed by atoms with Crippen LogP contribution in [0.4, 0.5) is 5.69 Å². The maximum Gasteiger partial charge on any atom is 0.311 e. The molecule has 8 heteroatoms. The van der Waals surface area contributed by atoms with Gasteiger partial charge in [-0.3, -0.25) is 10.1 Å². The highest BCUT2D eigenvalue weighted by Crippen LogP contribution is 2.31. The zero-order valence-corrected chi connectivity index (χ0v) is 13.5. The number of nitriles is 1. The fourth-order valence-corrected chi connectivity index (χ4v) is 3.18. The smallest absolute Gasteiger partial charge is 0.311 e. The summed E-state index contributed by atoms with van der Waals surface area (Å²) in [7, 11) is 0. The highest BCUT2D eigenvalue weighted by molar-refractivity contribution is 7.19. The van der Waals surface area contributed by atoms with E-state index in [0.29, 0.717) is 21.1 Å². The summed E-state index contributed by atoms with van der Waals surface area (Å²) in [6, 6.07) is 11.2. The molecule has 0 atom stereocenters. The Morgan fingerprint density at radius 1 is 1.38 bits per heavy atom. The second kappa shape index (κ2) is 6.28. The molecule has 0 aliphatic rings. The number of aromatic hydroxyl groups is 1. The van der Waals surface area contributed by atoms with Gasteiger partial charge in [-0.2, -0.15) is 5.26 Å². The van der Waals surface area contributed by atoms with Crippen LogP contribution in [-0.4, -0.2) is 15.0 Å². The monoisotopic (exact) mass is 357 g/mol. The van der Waals surface area contributed by atoms with Crippen molar-refractivity contribution in [2.45, 2.75) is 0 Å². The third-order valence-corrected chi connectivity index (χ3v) is 4.51. The number of nitro benzene ring substituents is 1. The molecule has 0 radical (unpaired) electrons. The van der Waals surface area contributed by atoms with Crippen LogP contribution in [0, 0.1) is 21.4 Å². The number of halogens is 1. The second-order valence-corrected chi connectivity index (χ2v) is 6.27. The van der Waals surface area contributed by atoms with E-state index in [1.165, 1.54) is 35.6 Å². The number of nitrogens with zero attached hydrogens (tertiary/aromatic N) is 3. The minimum Gasteiger partial charge on any atom is -0.502 e. The molecule has 24 heavy (non-hydrogen) atoms. The Kier molecular flexibility index (Phi) is 4.16. The molecule has 0 aliphatic heterocycles. The number of benzene rings is 2. The van der Waals surface area contributed by atoms with Crippen LogP contribution < -0.4 is 0 Å². The van der Waals surface area contributed by atoms with Crippen LogP contribution in [-0.2, 0) is 0 Å². The summed E-state index contributed by atoms with van der Waals surface area (Å²) in [5.41, 5.74) is 0.957. The van der Waals surface area contributed by atoms with Crippen molar-refractivity contribution in [2.75, 3.05) is 0 Å². The fourth-order valence-electron chi connectivity index (χ4n) is 2.10. The van der Waals surface area contributed by atoms with Gasteiger partial charge in [0.05, 0.1) is 20.7 Å². The van der Waals surface area contributed by atoms with Crippen LogP contribution in [0.5, 0.6) is 5.75 Å². The Balaban J connectivity index is 2.07. The first-order valence-corrected chi connectivity index (χ1v) is 7.83. The van der Waals surface area contributed by atoms with Crippen LogP contribution in [0.1, 0.15) is 10.6 Å². The molecule has 0 fully saturated rings. The SMILES string of the molecule is N#C/C(=C\c1ccc(O)c([N+](=O)[O-])c1)c1nc2cc(Cl)ccc2s1. The van der Waals surface area contributed by atoms with Crippen molar-refractivity contribution in [1.29, 1.82) is 5.26 Å². The Bertz CT molecular complexity index is 1040. The van der Waals surface area contributed by atoms with Crippen LogP contribution >= 0.6 is 22.9 Å². The van der Waals surface area contributed by atoms with E-state index in [-0.39, 0.29) is 5.57 Å². The number of thiazole rings is 1. The molecule has 0 spiro atoms. The van der Waals surface area contributed by atoms with E-state index in [4.69, 9.17) is 11.6 Å². The van der Waals surface area contributed by atoms with Gasteiger partial charge >= 0.3 is 5.69 Å². The molecular formula is C16H8ClN3O3S. The second-order valence-electron chi connectivity index (χ2n) is 4.81. The summed E-state index contributed by atoms with van der Waals surface area (Å²) < 4.78 is 0.882. The molecule has 0 saturated carbocycles. The lowest BCUT2D eigenvalue weighted by Crippen LogP contribution is -1.89. The summed E-state index contributed by atoms with van der Waals surface area (Å²) in [6.07, 6.45) is 1.49. The number of hydrogen-bond acceptors (Lipinski definition) is 6. The highest BCUT2D eigenvalue weighted by Gasteiger charge is 2.14. The van der Waals surface area contributed by atoms with E-state index in [2.05, 4.69) is 4.98 Å². The summed E-state index contributed by atoms with van der Waals surface area (Å²) >= 11 is 7.26. The highest BCUT2D eigenvalue weighted by atomic mass is 35.5. The third-order valence-electron chi connectivity index (χ3n) is 3.21. The molecule has 0 bridgehead atoms. The molecular weight excluding hydrogens is 350 g/mol. The summed E-state index contributed by atoms with van der Waals surface area (Å²) in [5, 5.41) is 30.8. The molecule has 0 aliphatic carbocycles. The Hall–Kier alpha value is -2.95. The zero-order valence-electron chi connectivity index (χ0n) is 11.9. The number of aromatic nitrogens is 1. The van der Waals surface area contributed by atoms with Crippen molar-refractivity contribution in [3.05, 3.63) is 62.1 Å². The summed E-state index contributed by atoms with van der Waals surface area (Å²) in [4.78, 5) is 14.6. The van der Waals surface area contributed by atoms with E-state index in [0.717, 1.165) is 4.70 Å². The maximum atomic E-state index is 10.9. The number of phenols is 1. The predicted molar refractivity (Wildman–Crippen MR) is 92.9 cm³/mol. The average Bonchev–Trinajstić information content (AvgIpc) is 2.96. The average molecular weight is 358 g/mol. The van der Waals surface area contributed by atoms with Gasteiger partial charge in [0.15, 0.2) is 5.75 Å². The largest absolute Gasteiger partial charge is 0.502 e. The van der Waals surface area contributed by atoms with Crippen LogP contribution in [0.2, 0.25) is 5.02 Å². The van der Waals surface area contributed by atoms with Gasteiger partial charge < -0.3 is 5.11 Å². The van der Waals surface area contributed by atoms with Gasteiger partial charge in [-0.25, -0.2) is 4.98 Å². The van der Waals surface area contributed by atoms with Gasteiger partial charge in [0.1, 0.15) is 11.1 Å². The molecule has 1 N–H and O–H groups in total. The van der Waals surface area contributed by atoms with E-state index in [1.807, 2.05) is 12.1 Å². The quantitative estimate of drug-likeness (QED) is 0.418. The minimum atomic E-state index is -0.682. The zero-order chi connectivity index (χ0) is 17.3. The Labute approximate surface area is 145 Å². The standard InChI is InChI=1S/C16H8ClN3O3S/c17-11-2-4-15-12(7-11)19-16(24-15)10(8-18)5-9-1-3-14(21)13(6-9)20(22)23/h1-7,21H/b10-5+. The minimum absolute atomic E-state index is 0.271. The van der Waals surface area contributed by atoms with Crippen molar-refractivity contribution in [3.63, 3.8) is 0 Å². The van der Waals surface area contributed by atoms with E-state index in [1.54, 1.807) is 12.1 Å². The van der Waals surface area contributed by atoms with E-state index >= 15 is 0 Å². The first-order valence-electron chi connectivity index (χ1n) is 6.63. The number of fused-ring (bicyclic) bond motifs is 1. The van der Waals surface area contributed by atoms with Gasteiger partial charge in [0, 0.05) is 11.1 Å². The molecule has 0 amide bonds. The van der Waals surface area contributed by atoms with Crippen molar-refractivity contribution in [2.24, 2.45) is 0 Å². The molecule has 3 rings (SSSR count). The van der Waals surface area contributed by atoms with Gasteiger partial charge in [-0.15, -0.1) is 11.3 Å². The van der Waals surface area contributed by atoms with E-state index in [9.17, 15) is 20.5 Å². The number of hydrogen-bond donors (Lipinski definition) is 1. The molecule has 3 aromatic rings. The maximum absolute atomic E-state index is 10.9. The van der Waals surface area contributed by atoms with E-state index < -0.39 is 16.4 Å². The van der Waals surface area contributed by atoms with Crippen molar-refractivity contribution in [1.82, 2.24) is 4.98 Å². The Morgan fingerprint density at radius 3 is 2.88 bits per heavy atom. The van der Waals surface area contributed by atoms with Crippen LogP contribution in [0.25, 0.3) is 21.9 Å². The predicted octanol–water partition coefficient (Wildman–Crippen LogP) is 4.63. The summed E-state index contributed by atoms with van der Waals surface area (Å²) in [5.74, 6) is -0.426. The molecule has 1 heterocycles. The molecule has 0 saturated heterocycles. The lowest BCUT2D eigenvalue weighted by molar-refractivity contribution is -0.385. The lowest BCUT2D eigenvalue weighted by Gasteiger charge is -1.98. The van der Waals surface area contributed by atoms with Gasteiger partial charge in [0.2, 0.25) is 0 Å². The van der Waals surface area contributed by atoms with Crippen LogP contribution in [0.15, 0.2) is 36.4 Å². The molecule has 118 valence electrons. The molecule has 6 nitrogen and oxygen atoms in total. The number of allylic oxidation sites excluding steroid dienone is 1. The van der Waals surface area contributed by atoms with Gasteiger partial charge in [0.25, 0.3) is 0 Å². The Morgan fingerprint density at radius 2 is 2.17 bits per heavy atom. The lowest BCUT2D eigenvalue weighted by atomic mass is 10.1. The first-order chi connectivity index (χ1) is 11.5. The molecule has 1 aromatic heterocycles. The third kappa shape index (κ3) is 3.06. The fraction of sp³-hybridized carbons (Fsp3) is 0. The van der Waals surface area contributed by atoms with Crippen LogP contribution in [0.3, 0.4) is 0 Å². The summed E-state index contributed by atoms with van der Waals surface area (Å²) in [6.45, 7) is 0. The van der Waals surface area contributed by atoms with Crippen molar-refractivity contribution >= 4 is 50.5 Å². The normalized spacial score (nSPS) is 11.4. The van der Waals surface area contributed by atoms with Crippen molar-refractivity contribution < 1.29 is 10.0 Å². The topological polar surface area (TPSA) is 100 Å². The number of phenolic OH excluding ortho intramolecular Hbond substituents is 1. The first kappa shape index (κ1) is 15.9. The van der Waals surface area contributed by atoms with Crippen molar-refractivity contribution in [3.8, 4) is 11.8 Å². The molecule has 0 unspecified atom stereocenters. The van der Waals surface area contributed by atoms with Gasteiger partial charge in [-0.1, -0.05) is 17.7 Å².